The van der Waals surface area contributed by atoms with Gasteiger partial charge in [-0.25, -0.2) is 4.39 Å². The van der Waals surface area contributed by atoms with Crippen LogP contribution in [0.1, 0.15) is 34.7 Å². The molecular weight excluding hydrogens is 305 g/mol. The van der Waals surface area contributed by atoms with Gasteiger partial charge in [-0.1, -0.05) is 0 Å². The molecule has 1 aliphatic heterocycles. The zero-order chi connectivity index (χ0) is 16.5. The fraction of sp³-hybridized carbons (Fsp3) is 0.263. The maximum absolute atomic E-state index is 13.5. The lowest BCUT2D eigenvalue weighted by Gasteiger charge is -2.22. The standard InChI is InChI=1S/C19H18FN3O/c20-15-1-2-18(14(9-15)12-24)23-11-17(13-3-6-21-7-4-13)16-5-8-22-10-19(16)23/h1-2,5,8-13,21H,3-4,6-7H2. The van der Waals surface area contributed by atoms with Crippen LogP contribution in [-0.2, 0) is 0 Å². The maximum Gasteiger partial charge on any atom is 0.152 e. The van der Waals surface area contributed by atoms with Gasteiger partial charge in [0.1, 0.15) is 5.82 Å². The summed E-state index contributed by atoms with van der Waals surface area (Å²) in [7, 11) is 0. The van der Waals surface area contributed by atoms with Crippen LogP contribution in [0.25, 0.3) is 16.6 Å². The summed E-state index contributed by atoms with van der Waals surface area (Å²) < 4.78 is 15.4. The van der Waals surface area contributed by atoms with Gasteiger partial charge in [-0.2, -0.15) is 0 Å². The molecule has 3 aromatic rings. The number of aromatic nitrogens is 2. The number of carbonyl (C=O) groups excluding carboxylic acids is 1. The number of pyridine rings is 1. The molecule has 5 heteroatoms. The van der Waals surface area contributed by atoms with Gasteiger partial charge in [0, 0.05) is 23.3 Å². The Kier molecular flexibility index (Phi) is 3.86. The molecule has 0 saturated carbocycles. The van der Waals surface area contributed by atoms with Crippen molar-refractivity contribution >= 4 is 17.2 Å². The lowest BCUT2D eigenvalue weighted by atomic mass is 9.90. The molecule has 24 heavy (non-hydrogen) atoms. The smallest absolute Gasteiger partial charge is 0.152 e. The maximum atomic E-state index is 13.5. The van der Waals surface area contributed by atoms with Crippen LogP contribution in [0, 0.1) is 5.82 Å². The van der Waals surface area contributed by atoms with E-state index in [-0.39, 0.29) is 0 Å². The van der Waals surface area contributed by atoms with E-state index in [1.165, 1.54) is 17.7 Å². The molecule has 122 valence electrons. The third kappa shape index (κ3) is 2.51. The topological polar surface area (TPSA) is 46.9 Å². The predicted molar refractivity (Wildman–Crippen MR) is 91.3 cm³/mol. The summed E-state index contributed by atoms with van der Waals surface area (Å²) in [4.78, 5) is 15.6. The fourth-order valence-corrected chi connectivity index (χ4v) is 3.60. The van der Waals surface area contributed by atoms with Crippen molar-refractivity contribution in [3.63, 3.8) is 0 Å². The molecule has 1 aromatic carbocycles. The molecule has 0 bridgehead atoms. The van der Waals surface area contributed by atoms with Gasteiger partial charge in [0.25, 0.3) is 0 Å². The Labute approximate surface area is 139 Å². The summed E-state index contributed by atoms with van der Waals surface area (Å²) in [5.41, 5.74) is 3.24. The number of nitrogens with one attached hydrogen (secondary N) is 1. The number of aldehydes is 1. The highest BCUT2D eigenvalue weighted by atomic mass is 19.1. The van der Waals surface area contributed by atoms with E-state index >= 15 is 0 Å². The molecule has 1 aliphatic rings. The first-order valence-corrected chi connectivity index (χ1v) is 8.18. The average molecular weight is 323 g/mol. The summed E-state index contributed by atoms with van der Waals surface area (Å²) >= 11 is 0. The van der Waals surface area contributed by atoms with Crippen LogP contribution in [0.5, 0.6) is 0 Å². The van der Waals surface area contributed by atoms with E-state index in [0.717, 1.165) is 36.8 Å². The second kappa shape index (κ2) is 6.17. The van der Waals surface area contributed by atoms with Gasteiger partial charge in [-0.05, 0) is 61.7 Å². The molecule has 1 N–H and O–H groups in total. The van der Waals surface area contributed by atoms with Crippen molar-refractivity contribution in [3.05, 3.63) is 59.8 Å². The van der Waals surface area contributed by atoms with Crippen molar-refractivity contribution in [2.45, 2.75) is 18.8 Å². The Morgan fingerprint density at radius 2 is 2.08 bits per heavy atom. The van der Waals surface area contributed by atoms with Crippen LogP contribution < -0.4 is 5.32 Å². The van der Waals surface area contributed by atoms with E-state index < -0.39 is 5.82 Å². The summed E-state index contributed by atoms with van der Waals surface area (Å²) in [5.74, 6) is 0.0755. The third-order valence-corrected chi connectivity index (χ3v) is 4.79. The molecule has 0 unspecified atom stereocenters. The molecule has 3 heterocycles. The highest BCUT2D eigenvalue weighted by Gasteiger charge is 2.21. The molecule has 4 nitrogen and oxygen atoms in total. The molecular formula is C19H18FN3O. The molecule has 1 fully saturated rings. The van der Waals surface area contributed by atoms with Crippen molar-refractivity contribution in [2.75, 3.05) is 13.1 Å². The van der Waals surface area contributed by atoms with E-state index in [1.54, 1.807) is 18.5 Å². The zero-order valence-corrected chi connectivity index (χ0v) is 13.2. The summed E-state index contributed by atoms with van der Waals surface area (Å²) in [6.07, 6.45) is 8.56. The van der Waals surface area contributed by atoms with Crippen LogP contribution in [0.4, 0.5) is 4.39 Å². The highest BCUT2D eigenvalue weighted by molar-refractivity contribution is 5.88. The summed E-state index contributed by atoms with van der Waals surface area (Å²) in [5, 5.41) is 4.54. The SMILES string of the molecule is O=Cc1cc(F)ccc1-n1cc(C2CCNCC2)c2ccncc21. The van der Waals surface area contributed by atoms with Gasteiger partial charge < -0.3 is 9.88 Å². The van der Waals surface area contributed by atoms with Crippen molar-refractivity contribution in [1.82, 2.24) is 14.9 Å². The molecule has 0 aliphatic carbocycles. The molecule has 2 aromatic heterocycles. The quantitative estimate of drug-likeness (QED) is 0.751. The second-order valence-corrected chi connectivity index (χ2v) is 6.19. The first-order valence-electron chi connectivity index (χ1n) is 8.18. The lowest BCUT2D eigenvalue weighted by Crippen LogP contribution is -2.26. The van der Waals surface area contributed by atoms with Gasteiger partial charge in [0.05, 0.1) is 17.4 Å². The third-order valence-electron chi connectivity index (χ3n) is 4.79. The van der Waals surface area contributed by atoms with Crippen LogP contribution in [-0.4, -0.2) is 28.9 Å². The minimum atomic E-state index is -0.408. The van der Waals surface area contributed by atoms with Gasteiger partial charge >= 0.3 is 0 Å². The molecule has 4 rings (SSSR count). The highest BCUT2D eigenvalue weighted by Crippen LogP contribution is 2.34. The van der Waals surface area contributed by atoms with E-state index in [4.69, 9.17) is 0 Å². The number of carbonyl (C=O) groups is 1. The Hall–Kier alpha value is -2.53. The Balaban J connectivity index is 1.92. The first kappa shape index (κ1) is 15.0. The van der Waals surface area contributed by atoms with E-state index in [9.17, 15) is 9.18 Å². The summed E-state index contributed by atoms with van der Waals surface area (Å²) in [6.45, 7) is 2.02. The first-order chi connectivity index (χ1) is 11.8. The van der Waals surface area contributed by atoms with Gasteiger partial charge in [0.15, 0.2) is 6.29 Å². The summed E-state index contributed by atoms with van der Waals surface area (Å²) in [6, 6.07) is 6.33. The van der Waals surface area contributed by atoms with Crippen LogP contribution in [0.15, 0.2) is 42.9 Å². The molecule has 1 saturated heterocycles. The Bertz CT molecular complexity index is 897. The molecule has 0 atom stereocenters. The number of piperidine rings is 1. The normalized spacial score (nSPS) is 15.7. The van der Waals surface area contributed by atoms with Crippen molar-refractivity contribution < 1.29 is 9.18 Å². The van der Waals surface area contributed by atoms with Crippen LogP contribution >= 0.6 is 0 Å². The van der Waals surface area contributed by atoms with Crippen molar-refractivity contribution in [1.29, 1.82) is 0 Å². The lowest BCUT2D eigenvalue weighted by molar-refractivity contribution is 0.112. The second-order valence-electron chi connectivity index (χ2n) is 6.19. The molecule has 0 radical (unpaired) electrons. The number of fused-ring (bicyclic) bond motifs is 1. The zero-order valence-electron chi connectivity index (χ0n) is 13.2. The van der Waals surface area contributed by atoms with Crippen molar-refractivity contribution in [3.8, 4) is 5.69 Å². The number of nitrogens with zero attached hydrogens (tertiary/aromatic N) is 2. The van der Waals surface area contributed by atoms with E-state index in [1.807, 2.05) is 10.6 Å². The van der Waals surface area contributed by atoms with Crippen molar-refractivity contribution in [2.24, 2.45) is 0 Å². The number of halogens is 1. The fourth-order valence-electron chi connectivity index (χ4n) is 3.60. The number of hydrogen-bond donors (Lipinski definition) is 1. The van der Waals surface area contributed by atoms with Gasteiger partial charge in [0.2, 0.25) is 0 Å². The van der Waals surface area contributed by atoms with Gasteiger partial charge in [-0.3, -0.25) is 9.78 Å². The van der Waals surface area contributed by atoms with Crippen LogP contribution in [0.2, 0.25) is 0 Å². The van der Waals surface area contributed by atoms with Crippen LogP contribution in [0.3, 0.4) is 0 Å². The average Bonchev–Trinajstić information content (AvgIpc) is 3.02. The molecule has 0 spiro atoms. The van der Waals surface area contributed by atoms with Gasteiger partial charge in [-0.15, -0.1) is 0 Å². The Morgan fingerprint density at radius 3 is 2.88 bits per heavy atom. The number of rotatable bonds is 3. The minimum Gasteiger partial charge on any atom is -0.317 e. The van der Waals surface area contributed by atoms with E-state index in [2.05, 4.69) is 16.5 Å². The number of hydrogen-bond acceptors (Lipinski definition) is 3. The predicted octanol–water partition coefficient (Wildman–Crippen LogP) is 3.44. The van der Waals surface area contributed by atoms with E-state index in [0.29, 0.717) is 23.5 Å². The minimum absolute atomic E-state index is 0.340. The molecule has 0 amide bonds. The Morgan fingerprint density at radius 1 is 1.25 bits per heavy atom. The largest absolute Gasteiger partial charge is 0.317 e. The monoisotopic (exact) mass is 323 g/mol. The number of benzene rings is 1.